The second-order valence-electron chi connectivity index (χ2n) is 5.68. The maximum Gasteiger partial charge on any atom is 0.233 e. The highest BCUT2D eigenvalue weighted by molar-refractivity contribution is 6.30. The van der Waals surface area contributed by atoms with Crippen LogP contribution < -0.4 is 0 Å². The highest BCUT2D eigenvalue weighted by atomic mass is 35.5. The molecule has 2 fully saturated rings. The third-order valence-electron chi connectivity index (χ3n) is 4.50. The van der Waals surface area contributed by atoms with Crippen LogP contribution in [-0.2, 0) is 9.59 Å². The van der Waals surface area contributed by atoms with Crippen molar-refractivity contribution in [3.05, 3.63) is 11.1 Å². The molecule has 2 atom stereocenters. The van der Waals surface area contributed by atoms with E-state index in [1.54, 1.807) is 0 Å². The molecule has 0 N–H and O–H groups in total. The van der Waals surface area contributed by atoms with Crippen LogP contribution in [0.2, 0.25) is 0 Å². The van der Waals surface area contributed by atoms with Gasteiger partial charge in [-0.2, -0.15) is 0 Å². The Kier molecular flexibility index (Phi) is 3.63. The summed E-state index contributed by atoms with van der Waals surface area (Å²) in [5.74, 6) is -0.368. The molecule has 2 amide bonds. The minimum Gasteiger partial charge on any atom is -0.302 e. The Labute approximate surface area is 118 Å². The Morgan fingerprint density at radius 1 is 1.11 bits per heavy atom. The molecule has 3 rings (SSSR count). The Bertz CT molecular complexity index is 429. The van der Waals surface area contributed by atoms with Gasteiger partial charge in [-0.3, -0.25) is 14.5 Å². The van der Waals surface area contributed by atoms with Crippen LogP contribution in [0, 0.1) is 11.8 Å². The lowest BCUT2D eigenvalue weighted by molar-refractivity contribution is -0.140. The van der Waals surface area contributed by atoms with Crippen molar-refractivity contribution in [3.63, 3.8) is 0 Å². The molecule has 0 radical (unpaired) electrons. The minimum absolute atomic E-state index is 0.00890. The summed E-state index contributed by atoms with van der Waals surface area (Å²) in [6.45, 7) is 3.55. The van der Waals surface area contributed by atoms with Gasteiger partial charge < -0.3 is 4.90 Å². The number of halogens is 1. The van der Waals surface area contributed by atoms with Crippen LogP contribution in [0.3, 0.4) is 0 Å². The Hall–Kier alpha value is -0.870. The smallest absolute Gasteiger partial charge is 0.233 e. The summed E-state index contributed by atoms with van der Waals surface area (Å²) < 4.78 is 0. The molecule has 3 aliphatic rings. The SMILES string of the molecule is O=C1[C@@H]2CC=C(Cl)C[C@H]2C(=O)N1CCN1CCCC1. The van der Waals surface area contributed by atoms with E-state index < -0.39 is 0 Å². The lowest BCUT2D eigenvalue weighted by atomic mass is 9.85. The van der Waals surface area contributed by atoms with E-state index in [2.05, 4.69) is 4.90 Å². The Morgan fingerprint density at radius 3 is 2.53 bits per heavy atom. The van der Waals surface area contributed by atoms with Crippen LogP contribution in [0.4, 0.5) is 0 Å². The zero-order valence-corrected chi connectivity index (χ0v) is 11.7. The summed E-state index contributed by atoms with van der Waals surface area (Å²) in [4.78, 5) is 28.4. The van der Waals surface area contributed by atoms with E-state index in [1.807, 2.05) is 6.08 Å². The third kappa shape index (κ3) is 2.43. The van der Waals surface area contributed by atoms with Crippen molar-refractivity contribution in [1.82, 2.24) is 9.80 Å². The van der Waals surface area contributed by atoms with Gasteiger partial charge in [-0.1, -0.05) is 17.7 Å². The average Bonchev–Trinajstić information content (AvgIpc) is 2.98. The molecule has 0 unspecified atom stereocenters. The lowest BCUT2D eigenvalue weighted by Gasteiger charge is -2.20. The maximum absolute atomic E-state index is 12.3. The zero-order chi connectivity index (χ0) is 13.4. The van der Waals surface area contributed by atoms with E-state index in [4.69, 9.17) is 11.6 Å². The molecule has 4 nitrogen and oxygen atoms in total. The minimum atomic E-state index is -0.205. The number of amides is 2. The van der Waals surface area contributed by atoms with E-state index in [-0.39, 0.29) is 23.7 Å². The van der Waals surface area contributed by atoms with Crippen LogP contribution in [0.5, 0.6) is 0 Å². The molecule has 2 saturated heterocycles. The quantitative estimate of drug-likeness (QED) is 0.738. The van der Waals surface area contributed by atoms with Crippen molar-refractivity contribution in [2.75, 3.05) is 26.2 Å². The highest BCUT2D eigenvalue weighted by Gasteiger charge is 2.48. The summed E-state index contributed by atoms with van der Waals surface area (Å²) in [5, 5.41) is 0.726. The Morgan fingerprint density at radius 2 is 1.79 bits per heavy atom. The monoisotopic (exact) mass is 282 g/mol. The van der Waals surface area contributed by atoms with E-state index in [1.165, 1.54) is 17.7 Å². The van der Waals surface area contributed by atoms with Crippen LogP contribution >= 0.6 is 11.6 Å². The van der Waals surface area contributed by atoms with Gasteiger partial charge in [0, 0.05) is 18.1 Å². The van der Waals surface area contributed by atoms with E-state index in [0.29, 0.717) is 19.4 Å². The normalized spacial score (nSPS) is 31.8. The van der Waals surface area contributed by atoms with Gasteiger partial charge in [0.2, 0.25) is 11.8 Å². The zero-order valence-electron chi connectivity index (χ0n) is 11.0. The fraction of sp³-hybridized carbons (Fsp3) is 0.714. The molecule has 5 heteroatoms. The molecule has 0 saturated carbocycles. The van der Waals surface area contributed by atoms with Gasteiger partial charge in [-0.15, -0.1) is 0 Å². The Balaban J connectivity index is 1.63. The van der Waals surface area contributed by atoms with Crippen LogP contribution in [-0.4, -0.2) is 47.8 Å². The first-order valence-electron chi connectivity index (χ1n) is 7.09. The van der Waals surface area contributed by atoms with Crippen molar-refractivity contribution in [2.45, 2.75) is 25.7 Å². The summed E-state index contributed by atoms with van der Waals surface area (Å²) in [5.41, 5.74) is 0. The number of allylic oxidation sites excluding steroid dienone is 2. The molecule has 104 valence electrons. The maximum atomic E-state index is 12.3. The standard InChI is InChI=1S/C14H19ClN2O2/c15-10-3-4-11-12(9-10)14(19)17(13(11)18)8-7-16-5-1-2-6-16/h3,11-12H,1-2,4-9H2/t11-,12-/m1/s1. The second-order valence-corrected chi connectivity index (χ2v) is 6.17. The fourth-order valence-electron chi connectivity index (χ4n) is 3.36. The van der Waals surface area contributed by atoms with E-state index in [9.17, 15) is 9.59 Å². The highest BCUT2D eigenvalue weighted by Crippen LogP contribution is 2.38. The molecule has 0 aromatic heterocycles. The van der Waals surface area contributed by atoms with Crippen molar-refractivity contribution in [1.29, 1.82) is 0 Å². The number of carbonyl (C=O) groups is 2. The van der Waals surface area contributed by atoms with Crippen molar-refractivity contribution in [2.24, 2.45) is 11.8 Å². The molecule has 0 aromatic carbocycles. The van der Waals surface area contributed by atoms with E-state index in [0.717, 1.165) is 24.7 Å². The van der Waals surface area contributed by atoms with Gasteiger partial charge in [-0.25, -0.2) is 0 Å². The van der Waals surface area contributed by atoms with Crippen LogP contribution in [0.25, 0.3) is 0 Å². The molecular formula is C14H19ClN2O2. The third-order valence-corrected chi connectivity index (χ3v) is 4.81. The molecule has 0 spiro atoms. The topological polar surface area (TPSA) is 40.6 Å². The van der Waals surface area contributed by atoms with Gasteiger partial charge in [0.25, 0.3) is 0 Å². The van der Waals surface area contributed by atoms with Crippen molar-refractivity contribution < 1.29 is 9.59 Å². The molecule has 2 aliphatic heterocycles. The number of imide groups is 1. The van der Waals surface area contributed by atoms with Crippen LogP contribution in [0.15, 0.2) is 11.1 Å². The van der Waals surface area contributed by atoms with E-state index >= 15 is 0 Å². The molecule has 0 aromatic rings. The molecule has 19 heavy (non-hydrogen) atoms. The largest absolute Gasteiger partial charge is 0.302 e. The molecule has 2 heterocycles. The summed E-state index contributed by atoms with van der Waals surface area (Å²) in [6.07, 6.45) is 5.50. The van der Waals surface area contributed by atoms with Gasteiger partial charge in [0.1, 0.15) is 0 Å². The van der Waals surface area contributed by atoms with Gasteiger partial charge in [0.05, 0.1) is 11.8 Å². The second kappa shape index (κ2) is 5.25. The van der Waals surface area contributed by atoms with Crippen LogP contribution in [0.1, 0.15) is 25.7 Å². The summed E-state index contributed by atoms with van der Waals surface area (Å²) in [6, 6.07) is 0. The number of likely N-dealkylation sites (tertiary alicyclic amines) is 2. The number of rotatable bonds is 3. The first kappa shape index (κ1) is 13.1. The predicted octanol–water partition coefficient (Wildman–Crippen LogP) is 1.60. The van der Waals surface area contributed by atoms with Gasteiger partial charge in [-0.05, 0) is 38.8 Å². The van der Waals surface area contributed by atoms with Crippen molar-refractivity contribution >= 4 is 23.4 Å². The van der Waals surface area contributed by atoms with Gasteiger partial charge >= 0.3 is 0 Å². The van der Waals surface area contributed by atoms with Crippen molar-refractivity contribution in [3.8, 4) is 0 Å². The van der Waals surface area contributed by atoms with Gasteiger partial charge in [0.15, 0.2) is 0 Å². The number of hydrogen-bond donors (Lipinski definition) is 0. The fourth-order valence-corrected chi connectivity index (χ4v) is 3.62. The molecule has 0 bridgehead atoms. The molecular weight excluding hydrogens is 264 g/mol. The number of nitrogens with zero attached hydrogens (tertiary/aromatic N) is 2. The first-order chi connectivity index (χ1) is 9.16. The average molecular weight is 283 g/mol. The summed E-state index contributed by atoms with van der Waals surface area (Å²) >= 11 is 6.00. The number of hydrogen-bond acceptors (Lipinski definition) is 3. The number of fused-ring (bicyclic) bond motifs is 1. The number of carbonyl (C=O) groups excluding carboxylic acids is 2. The predicted molar refractivity (Wildman–Crippen MR) is 72.5 cm³/mol. The molecule has 1 aliphatic carbocycles. The summed E-state index contributed by atoms with van der Waals surface area (Å²) in [7, 11) is 0. The lowest BCUT2D eigenvalue weighted by Crippen LogP contribution is -2.38. The first-order valence-corrected chi connectivity index (χ1v) is 7.46.